The van der Waals surface area contributed by atoms with Gasteiger partial charge in [-0.3, -0.25) is 0 Å². The molecule has 1 aromatic rings. The van der Waals surface area contributed by atoms with Crippen molar-refractivity contribution < 1.29 is 9.13 Å². The van der Waals surface area contributed by atoms with E-state index in [1.54, 1.807) is 19.2 Å². The van der Waals surface area contributed by atoms with Crippen molar-refractivity contribution in [3.05, 3.63) is 34.1 Å². The smallest absolute Gasteiger partial charge is 0.189 e. The van der Waals surface area contributed by atoms with E-state index in [0.29, 0.717) is 18.7 Å². The lowest BCUT2D eigenvalue weighted by Gasteiger charge is -2.05. The Morgan fingerprint density at radius 1 is 1.59 bits per heavy atom. The van der Waals surface area contributed by atoms with Gasteiger partial charge in [0.1, 0.15) is 5.82 Å². The van der Waals surface area contributed by atoms with Crippen molar-refractivity contribution in [2.75, 3.05) is 20.3 Å². The molecule has 0 bridgehead atoms. The van der Waals surface area contributed by atoms with Gasteiger partial charge in [-0.05, 0) is 18.2 Å². The summed E-state index contributed by atoms with van der Waals surface area (Å²) in [6.45, 7) is 1.32. The minimum absolute atomic E-state index is 0.205. The van der Waals surface area contributed by atoms with E-state index in [0.717, 1.165) is 4.47 Å². The van der Waals surface area contributed by atoms with Crippen LogP contribution >= 0.6 is 15.9 Å². The van der Waals surface area contributed by atoms with Crippen molar-refractivity contribution in [3.8, 4) is 0 Å². The number of methoxy groups -OCH3 is 1. The molecule has 0 aliphatic carbocycles. The third-order valence-corrected chi connectivity index (χ3v) is 2.53. The number of halogens is 2. The number of nitrogens with zero attached hydrogens (tertiary/aromatic N) is 1. The van der Waals surface area contributed by atoms with E-state index < -0.39 is 0 Å². The van der Waals surface area contributed by atoms with Crippen LogP contribution in [-0.4, -0.2) is 26.2 Å². The van der Waals surface area contributed by atoms with Crippen LogP contribution in [0.5, 0.6) is 0 Å². The fourth-order valence-electron chi connectivity index (χ4n) is 1.17. The summed E-state index contributed by atoms with van der Waals surface area (Å²) < 4.78 is 19.0. The van der Waals surface area contributed by atoms with Gasteiger partial charge in [-0.15, -0.1) is 0 Å². The molecule has 0 heterocycles. The summed E-state index contributed by atoms with van der Waals surface area (Å²) in [5.41, 5.74) is 6.10. The lowest BCUT2D eigenvalue weighted by atomic mass is 10.2. The number of hydrogen-bond donors (Lipinski definition) is 2. The van der Waals surface area contributed by atoms with E-state index >= 15 is 0 Å². The second-order valence-electron chi connectivity index (χ2n) is 3.36. The predicted octanol–water partition coefficient (Wildman–Crippen LogP) is 1.64. The standard InChI is InChI=1S/C11H15BrFN3O/c1-17-5-4-15-11(14)16-7-8-6-9(12)2-3-10(8)13/h2-3,6H,4-5,7H2,1H3,(H3,14,15,16). The molecule has 0 saturated heterocycles. The summed E-state index contributed by atoms with van der Waals surface area (Å²) in [7, 11) is 1.60. The molecule has 0 fully saturated rings. The van der Waals surface area contributed by atoms with Crippen molar-refractivity contribution >= 4 is 21.9 Å². The number of rotatable bonds is 5. The third-order valence-electron chi connectivity index (χ3n) is 2.04. The minimum atomic E-state index is -0.290. The van der Waals surface area contributed by atoms with E-state index in [1.165, 1.54) is 6.07 Å². The molecule has 0 aliphatic rings. The van der Waals surface area contributed by atoms with Gasteiger partial charge in [-0.25, -0.2) is 9.38 Å². The molecular formula is C11H15BrFN3O. The molecule has 0 amide bonds. The summed E-state index contributed by atoms with van der Waals surface area (Å²) in [4.78, 5) is 4.04. The highest BCUT2D eigenvalue weighted by atomic mass is 79.9. The van der Waals surface area contributed by atoms with E-state index in [-0.39, 0.29) is 18.3 Å². The average molecular weight is 304 g/mol. The summed E-state index contributed by atoms with van der Waals surface area (Å²) in [6, 6.07) is 4.72. The quantitative estimate of drug-likeness (QED) is 0.494. The van der Waals surface area contributed by atoms with Crippen LogP contribution < -0.4 is 11.1 Å². The molecule has 0 saturated carbocycles. The van der Waals surface area contributed by atoms with Crippen LogP contribution in [0.1, 0.15) is 5.56 Å². The van der Waals surface area contributed by atoms with Gasteiger partial charge < -0.3 is 15.8 Å². The van der Waals surface area contributed by atoms with Gasteiger partial charge in [0.05, 0.1) is 13.2 Å². The van der Waals surface area contributed by atoms with Crippen LogP contribution in [0.15, 0.2) is 27.7 Å². The van der Waals surface area contributed by atoms with E-state index in [4.69, 9.17) is 10.5 Å². The maximum absolute atomic E-state index is 13.4. The molecule has 0 aromatic heterocycles. The molecule has 0 radical (unpaired) electrons. The molecule has 17 heavy (non-hydrogen) atoms. The Balaban J connectivity index is 2.53. The van der Waals surface area contributed by atoms with Crippen LogP contribution in [0.4, 0.5) is 4.39 Å². The molecule has 0 aliphatic heterocycles. The van der Waals surface area contributed by atoms with Gasteiger partial charge in [-0.2, -0.15) is 0 Å². The summed E-state index contributed by atoms with van der Waals surface area (Å²) >= 11 is 3.28. The largest absolute Gasteiger partial charge is 0.383 e. The molecule has 0 atom stereocenters. The van der Waals surface area contributed by atoms with E-state index in [2.05, 4.69) is 26.2 Å². The first-order valence-corrected chi connectivity index (χ1v) is 5.89. The number of hydrogen-bond acceptors (Lipinski definition) is 2. The molecule has 0 spiro atoms. The molecule has 6 heteroatoms. The van der Waals surface area contributed by atoms with Crippen molar-refractivity contribution in [2.24, 2.45) is 10.7 Å². The number of aliphatic imine (C=N–C) groups is 1. The zero-order valence-corrected chi connectivity index (χ0v) is 11.1. The lowest BCUT2D eigenvalue weighted by Crippen LogP contribution is -2.34. The fraction of sp³-hybridized carbons (Fsp3) is 0.364. The van der Waals surface area contributed by atoms with Crippen LogP contribution in [0.25, 0.3) is 0 Å². The Labute approximate surface area is 108 Å². The first-order chi connectivity index (χ1) is 8.13. The predicted molar refractivity (Wildman–Crippen MR) is 69.3 cm³/mol. The molecular weight excluding hydrogens is 289 g/mol. The number of benzene rings is 1. The zero-order valence-electron chi connectivity index (χ0n) is 9.54. The Bertz CT molecular complexity index is 398. The highest BCUT2D eigenvalue weighted by Gasteiger charge is 2.02. The summed E-state index contributed by atoms with van der Waals surface area (Å²) in [5, 5.41) is 2.86. The molecule has 3 N–H and O–H groups in total. The van der Waals surface area contributed by atoms with Gasteiger partial charge in [-0.1, -0.05) is 15.9 Å². The van der Waals surface area contributed by atoms with Gasteiger partial charge in [0.2, 0.25) is 0 Å². The number of nitrogens with one attached hydrogen (secondary N) is 1. The normalized spacial score (nSPS) is 11.6. The second-order valence-corrected chi connectivity index (χ2v) is 4.27. The highest BCUT2D eigenvalue weighted by Crippen LogP contribution is 2.16. The van der Waals surface area contributed by atoms with Gasteiger partial charge in [0, 0.05) is 23.7 Å². The topological polar surface area (TPSA) is 59.6 Å². The maximum Gasteiger partial charge on any atom is 0.189 e. The summed E-state index contributed by atoms with van der Waals surface area (Å²) in [5.74, 6) is -0.0110. The van der Waals surface area contributed by atoms with Crippen molar-refractivity contribution in [1.82, 2.24) is 5.32 Å². The van der Waals surface area contributed by atoms with Gasteiger partial charge in [0.15, 0.2) is 5.96 Å². The molecule has 4 nitrogen and oxygen atoms in total. The van der Waals surface area contributed by atoms with Crippen LogP contribution in [0, 0.1) is 5.82 Å². The van der Waals surface area contributed by atoms with Crippen LogP contribution in [0.2, 0.25) is 0 Å². The van der Waals surface area contributed by atoms with Crippen molar-refractivity contribution in [3.63, 3.8) is 0 Å². The lowest BCUT2D eigenvalue weighted by molar-refractivity contribution is 0.204. The van der Waals surface area contributed by atoms with Gasteiger partial charge >= 0.3 is 0 Å². The Kier molecular flexibility index (Phi) is 5.93. The molecule has 0 unspecified atom stereocenters. The first-order valence-electron chi connectivity index (χ1n) is 5.10. The first kappa shape index (κ1) is 13.9. The van der Waals surface area contributed by atoms with E-state index in [9.17, 15) is 4.39 Å². The van der Waals surface area contributed by atoms with Crippen LogP contribution in [0.3, 0.4) is 0 Å². The van der Waals surface area contributed by atoms with Crippen molar-refractivity contribution in [2.45, 2.75) is 6.54 Å². The van der Waals surface area contributed by atoms with E-state index in [1.807, 2.05) is 0 Å². The second kappa shape index (κ2) is 7.24. The van der Waals surface area contributed by atoms with Crippen LogP contribution in [-0.2, 0) is 11.3 Å². The molecule has 94 valence electrons. The monoisotopic (exact) mass is 303 g/mol. The molecule has 1 aromatic carbocycles. The van der Waals surface area contributed by atoms with Crippen molar-refractivity contribution in [1.29, 1.82) is 0 Å². The number of nitrogens with two attached hydrogens (primary N) is 1. The molecule has 1 rings (SSSR count). The zero-order chi connectivity index (χ0) is 12.7. The van der Waals surface area contributed by atoms with Gasteiger partial charge in [0.25, 0.3) is 0 Å². The maximum atomic E-state index is 13.4. The fourth-order valence-corrected chi connectivity index (χ4v) is 1.58. The Morgan fingerprint density at radius 2 is 2.35 bits per heavy atom. The minimum Gasteiger partial charge on any atom is -0.383 e. The number of guanidine groups is 1. The number of ether oxygens (including phenoxy) is 1. The SMILES string of the molecule is COCCNC(N)=NCc1cc(Br)ccc1F. The Morgan fingerprint density at radius 3 is 3.06 bits per heavy atom. The Hall–Kier alpha value is -1.14. The average Bonchev–Trinajstić information content (AvgIpc) is 2.31. The third kappa shape index (κ3) is 5.14. The summed E-state index contributed by atoms with van der Waals surface area (Å²) in [6.07, 6.45) is 0. The highest BCUT2D eigenvalue weighted by molar-refractivity contribution is 9.10.